The molecule has 0 aromatic rings. The van der Waals surface area contributed by atoms with Gasteiger partial charge in [-0.3, -0.25) is 9.89 Å². The van der Waals surface area contributed by atoms with Crippen LogP contribution in [-0.2, 0) is 0 Å². The molecule has 1 heterocycles. The topological polar surface area (TPSA) is 15.0 Å². The molecule has 1 N–H and O–H groups in total. The molecule has 1 aliphatic rings. The van der Waals surface area contributed by atoms with Crippen molar-refractivity contribution in [3.63, 3.8) is 0 Å². The van der Waals surface area contributed by atoms with Gasteiger partial charge in [0.15, 0.2) is 0 Å². The van der Waals surface area contributed by atoms with Crippen LogP contribution in [0.25, 0.3) is 0 Å². The summed E-state index contributed by atoms with van der Waals surface area (Å²) in [5, 5.41) is 3.24. The van der Waals surface area contributed by atoms with E-state index in [1.807, 2.05) is 0 Å². The lowest BCUT2D eigenvalue weighted by molar-refractivity contribution is -0.550. The van der Waals surface area contributed by atoms with Gasteiger partial charge in [0.05, 0.1) is 6.04 Å². The highest BCUT2D eigenvalue weighted by Gasteiger charge is 2.14. The number of hydrogen-bond acceptors (Lipinski definition) is 1. The van der Waals surface area contributed by atoms with Gasteiger partial charge in [-0.1, -0.05) is 19.8 Å². The fraction of sp³-hybridized carbons (Fsp3) is 0.900. The van der Waals surface area contributed by atoms with Gasteiger partial charge in [0.1, 0.15) is 13.1 Å². The molecular formula is C10H21IN2. The van der Waals surface area contributed by atoms with Crippen molar-refractivity contribution in [2.24, 2.45) is 0 Å². The summed E-state index contributed by atoms with van der Waals surface area (Å²) in [6.45, 7) is 6.89. The molecule has 1 rings (SSSR count). The van der Waals surface area contributed by atoms with Crippen LogP contribution in [0.4, 0.5) is 0 Å². The maximum Gasteiger partial charge on any atom is 0.232 e. The van der Waals surface area contributed by atoms with Crippen LogP contribution in [0.15, 0.2) is 0 Å². The summed E-state index contributed by atoms with van der Waals surface area (Å²) in [5.41, 5.74) is 0. The van der Waals surface area contributed by atoms with E-state index >= 15 is 0 Å². The molecule has 0 saturated carbocycles. The standard InChI is InChI=1S/C10H20N2.HI/c1-3-4-5-6-10(2)12-8-7-11-9-12;/h9-10H,3-8H2,1-2H3;1H. The van der Waals surface area contributed by atoms with E-state index < -0.39 is 0 Å². The van der Waals surface area contributed by atoms with E-state index in [1.54, 1.807) is 0 Å². The Hall–Kier alpha value is 0.200. The average molecular weight is 296 g/mol. The van der Waals surface area contributed by atoms with Gasteiger partial charge in [-0.05, 0) is 19.8 Å². The molecule has 2 nitrogen and oxygen atoms in total. The number of rotatable bonds is 5. The molecule has 13 heavy (non-hydrogen) atoms. The molecule has 0 saturated heterocycles. The molecular weight excluding hydrogens is 275 g/mol. The third kappa shape index (κ3) is 4.84. The fourth-order valence-corrected chi connectivity index (χ4v) is 1.64. The van der Waals surface area contributed by atoms with Gasteiger partial charge in [0.2, 0.25) is 6.34 Å². The summed E-state index contributed by atoms with van der Waals surface area (Å²) in [5.74, 6) is 0. The number of nitrogens with zero attached hydrogens (tertiary/aromatic N) is 1. The van der Waals surface area contributed by atoms with Crippen molar-refractivity contribution in [2.75, 3.05) is 13.1 Å². The zero-order valence-electron chi connectivity index (χ0n) is 8.72. The summed E-state index contributed by atoms with van der Waals surface area (Å²) < 4.78 is 2.41. The first-order valence-corrected chi connectivity index (χ1v) is 5.17. The van der Waals surface area contributed by atoms with Crippen molar-refractivity contribution >= 4 is 6.34 Å². The summed E-state index contributed by atoms with van der Waals surface area (Å²) >= 11 is 0. The molecule has 0 aromatic heterocycles. The summed E-state index contributed by atoms with van der Waals surface area (Å²) in [4.78, 5) is 0. The average Bonchev–Trinajstić information content (AvgIpc) is 2.56. The van der Waals surface area contributed by atoms with E-state index in [9.17, 15) is 0 Å². The van der Waals surface area contributed by atoms with Gasteiger partial charge in [0, 0.05) is 0 Å². The highest BCUT2D eigenvalue weighted by atomic mass is 127. The summed E-state index contributed by atoms with van der Waals surface area (Å²) in [7, 11) is 0. The molecule has 0 amide bonds. The van der Waals surface area contributed by atoms with E-state index in [4.69, 9.17) is 0 Å². The van der Waals surface area contributed by atoms with Crippen LogP contribution < -0.4 is 29.3 Å². The minimum Gasteiger partial charge on any atom is -1.00 e. The van der Waals surface area contributed by atoms with Gasteiger partial charge in [0.25, 0.3) is 0 Å². The zero-order valence-corrected chi connectivity index (χ0v) is 10.9. The molecule has 0 aliphatic carbocycles. The Balaban J connectivity index is 0.00000144. The second-order valence-corrected chi connectivity index (χ2v) is 3.67. The highest BCUT2D eigenvalue weighted by Crippen LogP contribution is 2.06. The highest BCUT2D eigenvalue weighted by molar-refractivity contribution is 5.49. The van der Waals surface area contributed by atoms with Crippen molar-refractivity contribution < 1.29 is 28.6 Å². The maximum atomic E-state index is 3.24. The second kappa shape index (κ2) is 7.59. The summed E-state index contributed by atoms with van der Waals surface area (Å²) in [6, 6.07) is 0.728. The van der Waals surface area contributed by atoms with Gasteiger partial charge >= 0.3 is 0 Å². The van der Waals surface area contributed by atoms with Crippen molar-refractivity contribution in [3.8, 4) is 0 Å². The molecule has 0 fully saturated rings. The van der Waals surface area contributed by atoms with E-state index in [2.05, 4.69) is 30.1 Å². The summed E-state index contributed by atoms with van der Waals surface area (Å²) in [6.07, 6.45) is 7.56. The largest absolute Gasteiger partial charge is 1.00 e. The molecule has 0 spiro atoms. The Kier molecular flexibility index (Phi) is 7.71. The molecule has 1 atom stereocenters. The van der Waals surface area contributed by atoms with E-state index in [0.29, 0.717) is 0 Å². The first-order chi connectivity index (χ1) is 5.84. The lowest BCUT2D eigenvalue weighted by Crippen LogP contribution is -3.00. The molecule has 0 bridgehead atoms. The molecule has 78 valence electrons. The van der Waals surface area contributed by atoms with Crippen molar-refractivity contribution in [1.29, 1.82) is 0 Å². The van der Waals surface area contributed by atoms with Crippen LogP contribution in [0, 0.1) is 0 Å². The quantitative estimate of drug-likeness (QED) is 0.375. The Morgan fingerprint density at radius 3 is 2.77 bits per heavy atom. The lowest BCUT2D eigenvalue weighted by atomic mass is 10.1. The van der Waals surface area contributed by atoms with Crippen molar-refractivity contribution in [1.82, 2.24) is 5.32 Å². The van der Waals surface area contributed by atoms with Crippen LogP contribution in [0.2, 0.25) is 0 Å². The Morgan fingerprint density at radius 2 is 2.23 bits per heavy atom. The zero-order chi connectivity index (χ0) is 8.81. The monoisotopic (exact) mass is 296 g/mol. The minimum atomic E-state index is 0. The Morgan fingerprint density at radius 1 is 1.46 bits per heavy atom. The third-order valence-corrected chi connectivity index (χ3v) is 2.56. The minimum absolute atomic E-state index is 0. The van der Waals surface area contributed by atoms with Gasteiger partial charge in [-0.2, -0.15) is 0 Å². The predicted octanol–water partition coefficient (Wildman–Crippen LogP) is -1.40. The maximum absolute atomic E-state index is 3.24. The van der Waals surface area contributed by atoms with E-state index in [-0.39, 0.29) is 24.0 Å². The first kappa shape index (κ1) is 13.2. The van der Waals surface area contributed by atoms with Crippen LogP contribution in [0.1, 0.15) is 39.5 Å². The Bertz CT molecular complexity index is 157. The van der Waals surface area contributed by atoms with Gasteiger partial charge in [-0.15, -0.1) is 0 Å². The van der Waals surface area contributed by atoms with Gasteiger partial charge < -0.3 is 24.0 Å². The normalized spacial score (nSPS) is 17.2. The molecule has 0 radical (unpaired) electrons. The van der Waals surface area contributed by atoms with E-state index in [1.165, 1.54) is 32.2 Å². The number of nitrogens with one attached hydrogen (secondary N) is 1. The van der Waals surface area contributed by atoms with E-state index in [0.717, 1.165) is 12.6 Å². The molecule has 1 aliphatic heterocycles. The third-order valence-electron chi connectivity index (χ3n) is 2.56. The Labute approximate surface area is 98.8 Å². The van der Waals surface area contributed by atoms with Crippen molar-refractivity contribution in [3.05, 3.63) is 0 Å². The molecule has 1 unspecified atom stereocenters. The van der Waals surface area contributed by atoms with Crippen LogP contribution in [0.5, 0.6) is 0 Å². The number of unbranched alkanes of at least 4 members (excludes halogenated alkanes) is 2. The second-order valence-electron chi connectivity index (χ2n) is 3.67. The van der Waals surface area contributed by atoms with Crippen LogP contribution >= 0.6 is 0 Å². The molecule has 0 aromatic carbocycles. The van der Waals surface area contributed by atoms with Crippen LogP contribution in [-0.4, -0.2) is 30.0 Å². The predicted molar refractivity (Wildman–Crippen MR) is 52.8 cm³/mol. The lowest BCUT2D eigenvalue weighted by Gasteiger charge is -2.09. The SMILES string of the molecule is CCCCCC(C)[N+]1=CNCC1.[I-]. The van der Waals surface area contributed by atoms with Crippen LogP contribution in [0.3, 0.4) is 0 Å². The van der Waals surface area contributed by atoms with Gasteiger partial charge in [-0.25, -0.2) is 0 Å². The number of hydrogen-bond donors (Lipinski definition) is 1. The molecule has 3 heteroatoms. The smallest absolute Gasteiger partial charge is 0.232 e. The first-order valence-electron chi connectivity index (χ1n) is 5.17. The van der Waals surface area contributed by atoms with Crippen molar-refractivity contribution in [2.45, 2.75) is 45.6 Å². The fourth-order valence-electron chi connectivity index (χ4n) is 1.64. The number of halogens is 1.